The molecule has 0 spiro atoms. The number of piperidine rings is 1. The fraction of sp³-hybridized carbons (Fsp3) is 0.462. The molecule has 3 N–H and O–H groups in total. The van der Waals surface area contributed by atoms with Gasteiger partial charge in [-0.15, -0.1) is 0 Å². The monoisotopic (exact) mass is 248 g/mol. The van der Waals surface area contributed by atoms with E-state index in [0.29, 0.717) is 0 Å². The molecule has 4 nitrogen and oxygen atoms in total. The highest BCUT2D eigenvalue weighted by Gasteiger charge is 2.27. The molecule has 0 radical (unpaired) electrons. The number of aromatic amines is 1. The van der Waals surface area contributed by atoms with Crippen molar-refractivity contribution in [3.63, 3.8) is 0 Å². The average molecular weight is 248 g/mol. The summed E-state index contributed by atoms with van der Waals surface area (Å²) in [6, 6.07) is 4.59. The van der Waals surface area contributed by atoms with Crippen LogP contribution in [0.4, 0.5) is 10.3 Å². The van der Waals surface area contributed by atoms with Crippen LogP contribution in [0.15, 0.2) is 18.2 Å². The zero-order valence-corrected chi connectivity index (χ0v) is 10.4. The standard InChI is InChI=1S/C13H17FN4/c1-13(4-6-15-7-5-13)18-12-16-10-3-2-9(14)8-11(10)17-12/h2-3,8,15H,4-7H2,1H3,(H2,16,17,18). The molecule has 3 rings (SSSR count). The Morgan fingerprint density at radius 3 is 2.89 bits per heavy atom. The number of anilines is 1. The molecule has 0 unspecified atom stereocenters. The molecule has 96 valence electrons. The number of imidazole rings is 1. The minimum Gasteiger partial charge on any atom is -0.351 e. The van der Waals surface area contributed by atoms with E-state index in [1.807, 2.05) is 0 Å². The van der Waals surface area contributed by atoms with Crippen LogP contribution in [0.1, 0.15) is 19.8 Å². The number of benzene rings is 1. The van der Waals surface area contributed by atoms with Crippen molar-refractivity contribution >= 4 is 17.0 Å². The maximum absolute atomic E-state index is 13.1. The van der Waals surface area contributed by atoms with Crippen LogP contribution >= 0.6 is 0 Å². The Hall–Kier alpha value is -1.62. The second-order valence-electron chi connectivity index (χ2n) is 5.18. The molecule has 2 heterocycles. The molecular formula is C13H17FN4. The van der Waals surface area contributed by atoms with E-state index in [1.54, 1.807) is 6.07 Å². The molecular weight excluding hydrogens is 231 g/mol. The minimum atomic E-state index is -0.245. The molecule has 0 saturated carbocycles. The van der Waals surface area contributed by atoms with E-state index in [9.17, 15) is 4.39 Å². The zero-order chi connectivity index (χ0) is 12.6. The number of nitrogens with one attached hydrogen (secondary N) is 3. The number of nitrogens with zero attached hydrogens (tertiary/aromatic N) is 1. The molecule has 0 amide bonds. The van der Waals surface area contributed by atoms with Gasteiger partial charge in [-0.3, -0.25) is 0 Å². The highest BCUT2D eigenvalue weighted by Crippen LogP contribution is 2.24. The first kappa shape index (κ1) is 11.5. The van der Waals surface area contributed by atoms with Gasteiger partial charge in [0.2, 0.25) is 5.95 Å². The summed E-state index contributed by atoms with van der Waals surface area (Å²) >= 11 is 0. The molecule has 1 aromatic heterocycles. The largest absolute Gasteiger partial charge is 0.351 e. The third kappa shape index (κ3) is 2.18. The van der Waals surface area contributed by atoms with Crippen molar-refractivity contribution in [3.05, 3.63) is 24.0 Å². The fourth-order valence-electron chi connectivity index (χ4n) is 2.43. The Morgan fingerprint density at radius 1 is 1.33 bits per heavy atom. The van der Waals surface area contributed by atoms with Crippen molar-refractivity contribution in [1.29, 1.82) is 0 Å². The van der Waals surface area contributed by atoms with Gasteiger partial charge in [-0.25, -0.2) is 9.37 Å². The highest BCUT2D eigenvalue weighted by atomic mass is 19.1. The summed E-state index contributed by atoms with van der Waals surface area (Å²) in [7, 11) is 0. The molecule has 0 bridgehead atoms. The summed E-state index contributed by atoms with van der Waals surface area (Å²) in [6.07, 6.45) is 2.11. The van der Waals surface area contributed by atoms with Gasteiger partial charge in [0.25, 0.3) is 0 Å². The van der Waals surface area contributed by atoms with Gasteiger partial charge < -0.3 is 15.6 Å². The van der Waals surface area contributed by atoms with Crippen molar-refractivity contribution in [1.82, 2.24) is 15.3 Å². The maximum atomic E-state index is 13.1. The summed E-state index contributed by atoms with van der Waals surface area (Å²) in [5, 5.41) is 6.78. The van der Waals surface area contributed by atoms with Crippen LogP contribution in [-0.2, 0) is 0 Å². The zero-order valence-electron chi connectivity index (χ0n) is 10.4. The molecule has 0 atom stereocenters. The average Bonchev–Trinajstić information content (AvgIpc) is 2.70. The number of fused-ring (bicyclic) bond motifs is 1. The summed E-state index contributed by atoms with van der Waals surface area (Å²) in [4.78, 5) is 7.57. The van der Waals surface area contributed by atoms with Crippen molar-refractivity contribution in [2.75, 3.05) is 18.4 Å². The van der Waals surface area contributed by atoms with E-state index < -0.39 is 0 Å². The van der Waals surface area contributed by atoms with Crippen LogP contribution in [0.25, 0.3) is 11.0 Å². The summed E-state index contributed by atoms with van der Waals surface area (Å²) in [5.74, 6) is 0.478. The number of H-pyrrole nitrogens is 1. The first-order valence-corrected chi connectivity index (χ1v) is 6.29. The van der Waals surface area contributed by atoms with Crippen LogP contribution < -0.4 is 10.6 Å². The minimum absolute atomic E-state index is 0.0532. The smallest absolute Gasteiger partial charge is 0.201 e. The molecule has 2 aromatic rings. The van der Waals surface area contributed by atoms with E-state index in [-0.39, 0.29) is 11.4 Å². The van der Waals surface area contributed by atoms with Gasteiger partial charge >= 0.3 is 0 Å². The van der Waals surface area contributed by atoms with Crippen LogP contribution in [0.3, 0.4) is 0 Å². The lowest BCUT2D eigenvalue weighted by atomic mass is 9.91. The number of rotatable bonds is 2. The van der Waals surface area contributed by atoms with Gasteiger partial charge in [0.1, 0.15) is 5.82 Å². The molecule has 1 aliphatic heterocycles. The second kappa shape index (κ2) is 4.24. The molecule has 0 aliphatic carbocycles. The topological polar surface area (TPSA) is 52.7 Å². The number of halogens is 1. The van der Waals surface area contributed by atoms with Crippen molar-refractivity contribution in [2.45, 2.75) is 25.3 Å². The molecule has 1 saturated heterocycles. The summed E-state index contributed by atoms with van der Waals surface area (Å²) in [5.41, 5.74) is 1.57. The quantitative estimate of drug-likeness (QED) is 0.764. The van der Waals surface area contributed by atoms with Crippen molar-refractivity contribution < 1.29 is 4.39 Å². The number of aromatic nitrogens is 2. The van der Waals surface area contributed by atoms with Gasteiger partial charge in [0.05, 0.1) is 11.0 Å². The predicted octanol–water partition coefficient (Wildman–Crippen LogP) is 2.26. The van der Waals surface area contributed by atoms with Gasteiger partial charge in [-0.05, 0) is 51.1 Å². The second-order valence-corrected chi connectivity index (χ2v) is 5.18. The third-order valence-electron chi connectivity index (χ3n) is 3.57. The Bertz CT molecular complexity index is 557. The Kier molecular flexibility index (Phi) is 2.70. The lowest BCUT2D eigenvalue weighted by Crippen LogP contribution is -2.45. The van der Waals surface area contributed by atoms with Crippen molar-refractivity contribution in [3.8, 4) is 0 Å². The van der Waals surface area contributed by atoms with Crippen molar-refractivity contribution in [2.24, 2.45) is 0 Å². The Labute approximate surface area is 105 Å². The van der Waals surface area contributed by atoms with E-state index in [4.69, 9.17) is 0 Å². The normalized spacial score (nSPS) is 19.0. The molecule has 1 aromatic carbocycles. The van der Waals surface area contributed by atoms with Crippen LogP contribution in [-0.4, -0.2) is 28.6 Å². The van der Waals surface area contributed by atoms with E-state index in [1.165, 1.54) is 12.1 Å². The van der Waals surface area contributed by atoms with E-state index in [2.05, 4.69) is 27.5 Å². The Morgan fingerprint density at radius 2 is 2.11 bits per heavy atom. The highest BCUT2D eigenvalue weighted by molar-refractivity contribution is 5.77. The molecule has 18 heavy (non-hydrogen) atoms. The predicted molar refractivity (Wildman–Crippen MR) is 70.2 cm³/mol. The number of hydrogen-bond donors (Lipinski definition) is 3. The molecule has 5 heteroatoms. The third-order valence-corrected chi connectivity index (χ3v) is 3.57. The first-order chi connectivity index (χ1) is 8.65. The number of hydrogen-bond acceptors (Lipinski definition) is 3. The van der Waals surface area contributed by atoms with Gasteiger partial charge in [0.15, 0.2) is 0 Å². The van der Waals surface area contributed by atoms with E-state index in [0.717, 1.165) is 42.9 Å². The van der Waals surface area contributed by atoms with Crippen LogP contribution in [0.2, 0.25) is 0 Å². The summed E-state index contributed by atoms with van der Waals surface area (Å²) in [6.45, 7) is 4.22. The first-order valence-electron chi connectivity index (χ1n) is 6.29. The van der Waals surface area contributed by atoms with Gasteiger partial charge in [-0.2, -0.15) is 0 Å². The summed E-state index contributed by atoms with van der Waals surface area (Å²) < 4.78 is 13.1. The Balaban J connectivity index is 1.86. The molecule has 1 aliphatic rings. The van der Waals surface area contributed by atoms with Gasteiger partial charge in [-0.1, -0.05) is 0 Å². The lowest BCUT2D eigenvalue weighted by Gasteiger charge is -2.34. The maximum Gasteiger partial charge on any atom is 0.201 e. The van der Waals surface area contributed by atoms with Crippen LogP contribution in [0, 0.1) is 5.82 Å². The van der Waals surface area contributed by atoms with Gasteiger partial charge in [0, 0.05) is 5.54 Å². The van der Waals surface area contributed by atoms with E-state index >= 15 is 0 Å². The lowest BCUT2D eigenvalue weighted by molar-refractivity contribution is 0.363. The van der Waals surface area contributed by atoms with Crippen LogP contribution in [0.5, 0.6) is 0 Å². The fourth-order valence-corrected chi connectivity index (χ4v) is 2.43. The SMILES string of the molecule is CC1(Nc2nc3ccc(F)cc3[nH]2)CCNCC1. The molecule has 1 fully saturated rings.